The van der Waals surface area contributed by atoms with Crippen molar-refractivity contribution in [2.45, 2.75) is 6.42 Å². The van der Waals surface area contributed by atoms with Crippen molar-refractivity contribution >= 4 is 49.3 Å². The summed E-state index contributed by atoms with van der Waals surface area (Å²) in [5, 5.41) is 13.3. The van der Waals surface area contributed by atoms with E-state index in [-0.39, 0.29) is 23.8 Å². The minimum absolute atomic E-state index is 0.00582. The van der Waals surface area contributed by atoms with Gasteiger partial charge in [0.2, 0.25) is 5.91 Å². The Morgan fingerprint density at radius 2 is 2.14 bits per heavy atom. The minimum Gasteiger partial charge on any atom is -0.308 e. The molecule has 108 valence electrons. The Morgan fingerprint density at radius 3 is 2.81 bits per heavy atom. The summed E-state index contributed by atoms with van der Waals surface area (Å²) in [6.07, 6.45) is 1.46. The largest absolute Gasteiger partial charge is 0.308 e. The Balaban J connectivity index is 2.08. The van der Waals surface area contributed by atoms with Crippen LogP contribution in [-0.4, -0.2) is 20.8 Å². The Hall–Kier alpha value is -1.87. The fraction of sp³-hybridized carbons (Fsp3) is 0.0833. The van der Waals surface area contributed by atoms with Gasteiger partial charge in [0.25, 0.3) is 5.69 Å². The second kappa shape index (κ2) is 6.72. The Labute approximate surface area is 136 Å². The summed E-state index contributed by atoms with van der Waals surface area (Å²) < 4.78 is 0.926. The number of nitrogens with zero attached hydrogens (tertiary/aromatic N) is 3. The van der Waals surface area contributed by atoms with E-state index in [2.05, 4.69) is 47.1 Å². The number of nitrogens with one attached hydrogen (secondary N) is 1. The molecule has 1 heterocycles. The third-order valence-electron chi connectivity index (χ3n) is 2.44. The molecule has 0 aliphatic heterocycles. The number of non-ortho nitro benzene ring substituents is 1. The van der Waals surface area contributed by atoms with Crippen LogP contribution in [0.15, 0.2) is 39.7 Å². The number of carbonyl (C=O) groups is 1. The number of aromatic nitrogens is 2. The predicted molar refractivity (Wildman–Crippen MR) is 82.9 cm³/mol. The first kappa shape index (κ1) is 15.5. The van der Waals surface area contributed by atoms with Gasteiger partial charge in [-0.3, -0.25) is 14.9 Å². The van der Waals surface area contributed by atoms with E-state index in [0.29, 0.717) is 14.8 Å². The van der Waals surface area contributed by atoms with Crippen LogP contribution in [0.25, 0.3) is 0 Å². The summed E-state index contributed by atoms with van der Waals surface area (Å²) in [6.45, 7) is 0. The maximum absolute atomic E-state index is 11.9. The lowest BCUT2D eigenvalue weighted by atomic mass is 10.1. The molecule has 0 fully saturated rings. The Morgan fingerprint density at radius 1 is 1.38 bits per heavy atom. The molecule has 9 heteroatoms. The maximum atomic E-state index is 11.9. The summed E-state index contributed by atoms with van der Waals surface area (Å²) in [5.74, 6) is -0.0542. The van der Waals surface area contributed by atoms with Crippen molar-refractivity contribution in [1.29, 1.82) is 0 Å². The van der Waals surface area contributed by atoms with E-state index in [1.165, 1.54) is 24.4 Å². The molecule has 0 unspecified atom stereocenters. The number of nitro groups is 1. The molecule has 0 saturated heterocycles. The van der Waals surface area contributed by atoms with Crippen LogP contribution in [0.1, 0.15) is 5.56 Å². The van der Waals surface area contributed by atoms with Crippen molar-refractivity contribution in [2.24, 2.45) is 0 Å². The van der Waals surface area contributed by atoms with Crippen LogP contribution in [0.2, 0.25) is 0 Å². The molecule has 1 amide bonds. The summed E-state index contributed by atoms with van der Waals surface area (Å²) in [5.41, 5.74) is 0.493. The molecule has 0 aliphatic carbocycles. The summed E-state index contributed by atoms with van der Waals surface area (Å²) >= 11 is 6.34. The smallest absolute Gasteiger partial charge is 0.269 e. The van der Waals surface area contributed by atoms with E-state index in [1.807, 2.05) is 0 Å². The first-order valence-electron chi connectivity index (χ1n) is 5.67. The van der Waals surface area contributed by atoms with Crippen molar-refractivity contribution in [2.75, 3.05) is 5.32 Å². The van der Waals surface area contributed by atoms with E-state index in [9.17, 15) is 14.9 Å². The highest BCUT2D eigenvalue weighted by molar-refractivity contribution is 9.11. The molecule has 0 aliphatic rings. The van der Waals surface area contributed by atoms with Crippen LogP contribution in [0.4, 0.5) is 11.5 Å². The highest BCUT2D eigenvalue weighted by Crippen LogP contribution is 2.20. The van der Waals surface area contributed by atoms with Crippen molar-refractivity contribution in [3.63, 3.8) is 0 Å². The molecule has 0 atom stereocenters. The highest BCUT2D eigenvalue weighted by atomic mass is 79.9. The molecule has 1 N–H and O–H groups in total. The van der Waals surface area contributed by atoms with Crippen molar-refractivity contribution < 1.29 is 9.72 Å². The number of hydrogen-bond donors (Lipinski definition) is 1. The number of carbonyl (C=O) groups excluding carboxylic acids is 1. The topological polar surface area (TPSA) is 98.0 Å². The zero-order chi connectivity index (χ0) is 15.4. The van der Waals surface area contributed by atoms with E-state index in [4.69, 9.17) is 0 Å². The third kappa shape index (κ3) is 4.30. The van der Waals surface area contributed by atoms with Crippen molar-refractivity contribution in [3.8, 4) is 0 Å². The average molecular weight is 416 g/mol. The number of amides is 1. The van der Waals surface area contributed by atoms with E-state index in [0.717, 1.165) is 0 Å². The van der Waals surface area contributed by atoms with Gasteiger partial charge in [0, 0.05) is 12.1 Å². The third-order valence-corrected chi connectivity index (χ3v) is 3.38. The van der Waals surface area contributed by atoms with Crippen LogP contribution in [0.5, 0.6) is 0 Å². The molecule has 7 nitrogen and oxygen atoms in total. The zero-order valence-corrected chi connectivity index (χ0v) is 13.6. The average Bonchev–Trinajstić information content (AvgIpc) is 2.42. The van der Waals surface area contributed by atoms with Gasteiger partial charge in [-0.05, 0) is 37.4 Å². The van der Waals surface area contributed by atoms with Crippen LogP contribution in [0, 0.1) is 10.1 Å². The number of anilines is 1. The monoisotopic (exact) mass is 414 g/mol. The molecule has 1 aromatic heterocycles. The molecule has 0 radical (unpaired) electrons. The lowest BCUT2D eigenvalue weighted by Crippen LogP contribution is -2.16. The normalized spacial score (nSPS) is 10.2. The van der Waals surface area contributed by atoms with Crippen LogP contribution < -0.4 is 5.32 Å². The number of hydrogen-bond acceptors (Lipinski definition) is 5. The van der Waals surface area contributed by atoms with Crippen LogP contribution >= 0.6 is 31.9 Å². The number of benzene rings is 1. The summed E-state index contributed by atoms with van der Waals surface area (Å²) in [4.78, 5) is 30.1. The zero-order valence-electron chi connectivity index (χ0n) is 10.4. The van der Waals surface area contributed by atoms with Gasteiger partial charge in [-0.2, -0.15) is 0 Å². The Kier molecular flexibility index (Phi) is 4.97. The SMILES string of the molecule is O=C(Cc1cccc([N+](=O)[O-])c1)Nc1ncc(Br)nc1Br. The van der Waals surface area contributed by atoms with Gasteiger partial charge in [0.05, 0.1) is 17.5 Å². The molecule has 1 aromatic carbocycles. The molecule has 0 saturated carbocycles. The van der Waals surface area contributed by atoms with Gasteiger partial charge in [0.1, 0.15) is 9.21 Å². The van der Waals surface area contributed by atoms with Gasteiger partial charge in [-0.15, -0.1) is 0 Å². The summed E-state index contributed by atoms with van der Waals surface area (Å²) in [7, 11) is 0. The first-order chi connectivity index (χ1) is 9.95. The quantitative estimate of drug-likeness (QED) is 0.611. The standard InChI is InChI=1S/C12H8Br2N4O3/c13-9-6-15-12(11(14)16-9)17-10(19)5-7-2-1-3-8(4-7)18(20)21/h1-4,6H,5H2,(H,15,17,19). The van der Waals surface area contributed by atoms with Crippen molar-refractivity contribution in [1.82, 2.24) is 9.97 Å². The number of nitro benzene ring substituents is 1. The second-order valence-electron chi connectivity index (χ2n) is 3.98. The first-order valence-corrected chi connectivity index (χ1v) is 7.25. The lowest BCUT2D eigenvalue weighted by Gasteiger charge is -2.06. The van der Waals surface area contributed by atoms with E-state index < -0.39 is 4.92 Å². The van der Waals surface area contributed by atoms with Gasteiger partial charge < -0.3 is 5.32 Å². The molecule has 2 rings (SSSR count). The molecular weight excluding hydrogens is 408 g/mol. The summed E-state index contributed by atoms with van der Waals surface area (Å²) in [6, 6.07) is 5.92. The van der Waals surface area contributed by atoms with Crippen molar-refractivity contribution in [3.05, 3.63) is 55.3 Å². The molecule has 0 bridgehead atoms. The van der Waals surface area contributed by atoms with Gasteiger partial charge in [-0.1, -0.05) is 12.1 Å². The number of rotatable bonds is 4. The fourth-order valence-corrected chi connectivity index (χ4v) is 2.48. The van der Waals surface area contributed by atoms with Gasteiger partial charge in [0.15, 0.2) is 5.82 Å². The van der Waals surface area contributed by atoms with Gasteiger partial charge in [-0.25, -0.2) is 9.97 Å². The number of halogens is 2. The fourth-order valence-electron chi connectivity index (χ4n) is 1.57. The van der Waals surface area contributed by atoms with E-state index >= 15 is 0 Å². The van der Waals surface area contributed by atoms with Gasteiger partial charge >= 0.3 is 0 Å². The molecule has 0 spiro atoms. The minimum atomic E-state index is -0.502. The second-order valence-corrected chi connectivity index (χ2v) is 5.55. The predicted octanol–water partition coefficient (Wildman–Crippen LogP) is 3.09. The molecular formula is C12H8Br2N4O3. The highest BCUT2D eigenvalue weighted by Gasteiger charge is 2.11. The lowest BCUT2D eigenvalue weighted by molar-refractivity contribution is -0.384. The maximum Gasteiger partial charge on any atom is 0.269 e. The Bertz CT molecular complexity index is 709. The molecule has 21 heavy (non-hydrogen) atoms. The van der Waals surface area contributed by atoms with Crippen LogP contribution in [-0.2, 0) is 11.2 Å². The van der Waals surface area contributed by atoms with Crippen LogP contribution in [0.3, 0.4) is 0 Å². The molecule has 2 aromatic rings. The van der Waals surface area contributed by atoms with E-state index in [1.54, 1.807) is 6.07 Å².